The van der Waals surface area contributed by atoms with E-state index >= 15 is 0 Å². The van der Waals surface area contributed by atoms with Crippen LogP contribution in [0.15, 0.2) is 72.8 Å². The molecule has 2 aromatic carbocycles. The van der Waals surface area contributed by atoms with E-state index in [1.54, 1.807) is 0 Å². The van der Waals surface area contributed by atoms with Crippen molar-refractivity contribution in [3.8, 4) is 0 Å². The number of anilines is 2. The summed E-state index contributed by atoms with van der Waals surface area (Å²) >= 11 is 0. The molecule has 6 rings (SSSR count). The van der Waals surface area contributed by atoms with Gasteiger partial charge in [-0.1, -0.05) is 106 Å². The fourth-order valence-electron chi connectivity index (χ4n) is 7.27. The Morgan fingerprint density at radius 2 is 1.19 bits per heavy atom. The predicted octanol–water partition coefficient (Wildman–Crippen LogP) is 8.16. The Hall–Kier alpha value is -1.82. The van der Waals surface area contributed by atoms with E-state index in [-0.39, 0.29) is 49.8 Å². The first kappa shape index (κ1) is 33.1. The quantitative estimate of drug-likeness (QED) is 0.262. The molecule has 0 spiro atoms. The van der Waals surface area contributed by atoms with Gasteiger partial charge in [0.1, 0.15) is 0 Å². The van der Waals surface area contributed by atoms with Gasteiger partial charge in [-0.3, -0.25) is 0 Å². The van der Waals surface area contributed by atoms with E-state index in [1.165, 1.54) is 55.5 Å². The summed E-state index contributed by atoms with van der Waals surface area (Å²) in [5.41, 5.74) is 3.55. The average Bonchev–Trinajstić information content (AvgIpc) is 3.02. The summed E-state index contributed by atoms with van der Waals surface area (Å²) in [4.78, 5) is 2.19. The molecule has 0 bridgehead atoms. The van der Waals surface area contributed by atoms with Crippen LogP contribution in [0.25, 0.3) is 16.7 Å². The number of fused-ring (bicyclic) bond motifs is 2. The van der Waals surface area contributed by atoms with Gasteiger partial charge in [0.2, 0.25) is 0 Å². The summed E-state index contributed by atoms with van der Waals surface area (Å²) in [6.45, 7) is 2.04. The van der Waals surface area contributed by atoms with E-state index in [4.69, 9.17) is 10.6 Å². The van der Waals surface area contributed by atoms with E-state index in [2.05, 4.69) is 84.8 Å². The van der Waals surface area contributed by atoms with E-state index in [0.29, 0.717) is 17.9 Å². The number of aliphatic hydroxyl groups excluding tert-OH is 2. The minimum atomic E-state index is -0.229. The molecule has 0 radical (unpaired) electrons. The van der Waals surface area contributed by atoms with Crippen molar-refractivity contribution in [3.63, 3.8) is 0 Å². The van der Waals surface area contributed by atoms with Crippen molar-refractivity contribution in [2.75, 3.05) is 11.9 Å². The molecule has 2 aliphatic heterocycles. The van der Waals surface area contributed by atoms with E-state index in [0.717, 1.165) is 25.7 Å². The van der Waals surface area contributed by atoms with Crippen LogP contribution in [-0.2, 0) is 19.5 Å². The maximum Gasteiger partial charge on any atom is 2.00 e. The number of rotatable bonds is 5. The van der Waals surface area contributed by atoms with Crippen LogP contribution < -0.4 is 4.90 Å². The third-order valence-corrected chi connectivity index (χ3v) is 9.65. The molecule has 4 fully saturated rings. The van der Waals surface area contributed by atoms with Crippen LogP contribution in [0, 0.1) is 11.8 Å². The minimum Gasteiger partial charge on any atom is -0.651 e. The number of aliphatic hydroxyl groups is 2. The second-order valence-corrected chi connectivity index (χ2v) is 12.5. The van der Waals surface area contributed by atoms with Crippen molar-refractivity contribution in [1.29, 1.82) is 0 Å². The Labute approximate surface area is 266 Å². The van der Waals surface area contributed by atoms with Crippen molar-refractivity contribution in [3.05, 3.63) is 89.0 Å². The molecule has 222 valence electrons. The number of piperidine rings is 2. The van der Waals surface area contributed by atoms with Crippen molar-refractivity contribution in [1.82, 2.24) is 0 Å². The van der Waals surface area contributed by atoms with Gasteiger partial charge in [-0.25, -0.2) is 0 Å². The number of para-hydroxylation sites is 1. The maximum absolute atomic E-state index is 10.3. The molecule has 2 heterocycles. The smallest absolute Gasteiger partial charge is 0.651 e. The third kappa shape index (κ3) is 8.64. The van der Waals surface area contributed by atoms with Crippen molar-refractivity contribution >= 4 is 17.5 Å². The molecule has 6 heteroatoms. The second-order valence-electron chi connectivity index (χ2n) is 12.5. The summed E-state index contributed by atoms with van der Waals surface area (Å²) in [6.07, 6.45) is 19.7. The standard InChI is InChI=1S/C24H29N2O.C12H20NO.Zn/c1-26(21-7-3-2-4-8-21)22-16-11-18(12-17-22)10-14-20-15-13-19-6-5-9-23(27)24(19)25-20;1-2-4-10-8-7-9-5-3-6-11(14)12(9)13-10;/h2-4,7-8,10-12,14,16-17,19-20,23-24,27H,5-6,9,13,15H2,1H3;2,4,9-12,14H,3,5-8H2,1H3;/q2*-1;+2/b14-10+;4-2+;. The largest absolute Gasteiger partial charge is 2.00 e. The van der Waals surface area contributed by atoms with Gasteiger partial charge in [0.05, 0.1) is 0 Å². The summed E-state index contributed by atoms with van der Waals surface area (Å²) in [5, 5.41) is 29.8. The monoisotopic (exact) mass is 619 g/mol. The maximum atomic E-state index is 10.3. The SMILES string of the molecule is C/C=C/C1CCC2CCCC(O)C2[N-]1.CN(c1ccccc1)c1ccc(/C=C/C2CCC3CCCC(O)C3[N-]2)cc1.[Zn+2]. The van der Waals surface area contributed by atoms with Crippen LogP contribution in [0.4, 0.5) is 11.4 Å². The van der Waals surface area contributed by atoms with Crippen LogP contribution in [0.2, 0.25) is 0 Å². The first-order valence-electron chi connectivity index (χ1n) is 16.0. The molecule has 8 unspecified atom stereocenters. The summed E-state index contributed by atoms with van der Waals surface area (Å²) in [5.74, 6) is 1.27. The first-order valence-corrected chi connectivity index (χ1v) is 16.0. The molecular weight excluding hydrogens is 572 g/mol. The third-order valence-electron chi connectivity index (χ3n) is 9.65. The van der Waals surface area contributed by atoms with Crippen molar-refractivity contribution in [2.24, 2.45) is 11.8 Å². The molecule has 2 saturated carbocycles. The summed E-state index contributed by atoms with van der Waals surface area (Å²) in [6, 6.07) is 20.0. The van der Waals surface area contributed by atoms with E-state index in [9.17, 15) is 10.2 Å². The van der Waals surface area contributed by atoms with Gasteiger partial charge in [-0.2, -0.15) is 0 Å². The molecule has 5 nitrogen and oxygen atoms in total. The van der Waals surface area contributed by atoms with Gasteiger partial charge in [-0.05, 0) is 49.6 Å². The topological polar surface area (TPSA) is 71.9 Å². The molecule has 8 atom stereocenters. The summed E-state index contributed by atoms with van der Waals surface area (Å²) in [7, 11) is 2.09. The molecule has 0 amide bonds. The second kappa shape index (κ2) is 16.3. The van der Waals surface area contributed by atoms with Crippen LogP contribution in [0.1, 0.15) is 76.7 Å². The Bertz CT molecular complexity index is 1120. The molecular formula is C36H49N3O2Zn. The van der Waals surface area contributed by atoms with Gasteiger partial charge in [0.25, 0.3) is 0 Å². The Balaban J connectivity index is 0.000000228. The average molecular weight is 621 g/mol. The van der Waals surface area contributed by atoms with Crippen LogP contribution >= 0.6 is 0 Å². The number of hydrogen-bond acceptors (Lipinski definition) is 3. The fraction of sp³-hybridized carbons (Fsp3) is 0.556. The van der Waals surface area contributed by atoms with Gasteiger partial charge < -0.3 is 25.7 Å². The summed E-state index contributed by atoms with van der Waals surface area (Å²) < 4.78 is 0. The molecule has 2 saturated heterocycles. The number of hydrogen-bond donors (Lipinski definition) is 2. The molecule has 42 heavy (non-hydrogen) atoms. The predicted molar refractivity (Wildman–Crippen MR) is 172 cm³/mol. The molecule has 2 N–H and O–H groups in total. The normalized spacial score (nSPS) is 32.7. The van der Waals surface area contributed by atoms with E-state index < -0.39 is 0 Å². The Morgan fingerprint density at radius 1 is 0.667 bits per heavy atom. The fourth-order valence-corrected chi connectivity index (χ4v) is 7.27. The molecule has 2 aromatic rings. The first-order chi connectivity index (χ1) is 20.0. The molecule has 2 aliphatic carbocycles. The van der Waals surface area contributed by atoms with Crippen LogP contribution in [0.5, 0.6) is 0 Å². The van der Waals surface area contributed by atoms with Crippen LogP contribution in [-0.4, -0.2) is 53.6 Å². The van der Waals surface area contributed by atoms with Gasteiger partial charge in [0.15, 0.2) is 0 Å². The zero-order chi connectivity index (χ0) is 28.6. The zero-order valence-electron chi connectivity index (χ0n) is 25.6. The van der Waals surface area contributed by atoms with Gasteiger partial charge in [-0.15, -0.1) is 36.3 Å². The molecule has 0 aromatic heterocycles. The number of benzene rings is 2. The zero-order valence-corrected chi connectivity index (χ0v) is 28.6. The van der Waals surface area contributed by atoms with Crippen LogP contribution in [0.3, 0.4) is 0 Å². The van der Waals surface area contributed by atoms with Crippen molar-refractivity contribution < 1.29 is 29.7 Å². The number of allylic oxidation sites excluding steroid dienone is 1. The van der Waals surface area contributed by atoms with Gasteiger partial charge >= 0.3 is 19.5 Å². The number of nitrogens with zero attached hydrogens (tertiary/aromatic N) is 3. The Morgan fingerprint density at radius 3 is 1.74 bits per heavy atom. The Kier molecular flexibility index (Phi) is 12.8. The molecule has 4 aliphatic rings. The van der Waals surface area contributed by atoms with Gasteiger partial charge in [0, 0.05) is 30.6 Å². The minimum absolute atomic E-state index is 0. The van der Waals surface area contributed by atoms with Crippen molar-refractivity contribution in [2.45, 2.75) is 108 Å². The van der Waals surface area contributed by atoms with E-state index in [1.807, 2.05) is 13.0 Å².